The minimum Gasteiger partial charge on any atom is -0.389 e. The first-order valence-electron chi connectivity index (χ1n) is 6.73. The van der Waals surface area contributed by atoms with E-state index in [9.17, 15) is 4.79 Å². The van der Waals surface area contributed by atoms with Crippen molar-refractivity contribution in [1.29, 1.82) is 0 Å². The lowest BCUT2D eigenvalue weighted by Gasteiger charge is -2.17. The Morgan fingerprint density at radius 2 is 2.00 bits per heavy atom. The number of carbonyl (C=O) groups excluding carboxylic acids is 1. The molecule has 0 bridgehead atoms. The Morgan fingerprint density at radius 1 is 1.29 bits per heavy atom. The summed E-state index contributed by atoms with van der Waals surface area (Å²) >= 11 is 4.86. The highest BCUT2D eigenvalue weighted by Crippen LogP contribution is 2.16. The smallest absolute Gasteiger partial charge is 0.270 e. The number of aromatic nitrogens is 1. The summed E-state index contributed by atoms with van der Waals surface area (Å²) in [5.41, 5.74) is 7.59. The van der Waals surface area contributed by atoms with Crippen molar-refractivity contribution in [2.24, 2.45) is 5.73 Å². The molecule has 1 unspecified atom stereocenters. The Balaban J connectivity index is 2.11. The molecule has 0 aliphatic carbocycles. The molecule has 0 fully saturated rings. The molecule has 2 aromatic rings. The van der Waals surface area contributed by atoms with Crippen LogP contribution in [0.3, 0.4) is 0 Å². The van der Waals surface area contributed by atoms with Crippen LogP contribution in [0.4, 0.5) is 0 Å². The summed E-state index contributed by atoms with van der Waals surface area (Å²) in [6, 6.07) is 13.2. The van der Waals surface area contributed by atoms with Crippen LogP contribution in [0.15, 0.2) is 48.7 Å². The van der Waals surface area contributed by atoms with E-state index < -0.39 is 0 Å². The maximum absolute atomic E-state index is 12.2. The summed E-state index contributed by atoms with van der Waals surface area (Å²) in [6.07, 6.45) is 2.32. The lowest BCUT2D eigenvalue weighted by Crippen LogP contribution is -2.29. The Bertz CT molecular complexity index is 626. The first-order valence-corrected chi connectivity index (χ1v) is 7.14. The van der Waals surface area contributed by atoms with Crippen molar-refractivity contribution in [3.05, 3.63) is 65.5 Å². The molecule has 108 valence electrons. The largest absolute Gasteiger partial charge is 0.389 e. The van der Waals surface area contributed by atoms with E-state index in [0.29, 0.717) is 11.3 Å². The lowest BCUT2D eigenvalue weighted by atomic mass is 10.0. The number of pyridine rings is 1. The summed E-state index contributed by atoms with van der Waals surface area (Å²) < 4.78 is 0. The summed E-state index contributed by atoms with van der Waals surface area (Å²) in [5, 5.41) is 2.98. The number of carbonyl (C=O) groups is 1. The number of benzene rings is 1. The molecule has 1 heterocycles. The molecule has 3 N–H and O–H groups in total. The summed E-state index contributed by atoms with van der Waals surface area (Å²) in [6.45, 7) is 2.03. The SMILES string of the molecule is CCC(NC(=O)c1ccc(C(N)=S)cn1)c1ccccc1. The van der Waals surface area contributed by atoms with Gasteiger partial charge in [0.1, 0.15) is 10.7 Å². The highest BCUT2D eigenvalue weighted by Gasteiger charge is 2.14. The van der Waals surface area contributed by atoms with Gasteiger partial charge in [0.2, 0.25) is 0 Å². The molecular formula is C16H17N3OS. The number of nitrogens with zero attached hydrogens (tertiary/aromatic N) is 1. The van der Waals surface area contributed by atoms with E-state index in [-0.39, 0.29) is 16.9 Å². The van der Waals surface area contributed by atoms with Gasteiger partial charge in [-0.05, 0) is 24.1 Å². The fourth-order valence-corrected chi connectivity index (χ4v) is 2.13. The molecule has 21 heavy (non-hydrogen) atoms. The van der Waals surface area contributed by atoms with Gasteiger partial charge in [-0.3, -0.25) is 9.78 Å². The molecule has 1 atom stereocenters. The maximum atomic E-state index is 12.2. The third kappa shape index (κ3) is 3.86. The van der Waals surface area contributed by atoms with Gasteiger partial charge in [-0.25, -0.2) is 0 Å². The van der Waals surface area contributed by atoms with E-state index in [1.165, 1.54) is 6.20 Å². The van der Waals surface area contributed by atoms with Crippen LogP contribution < -0.4 is 11.1 Å². The topological polar surface area (TPSA) is 68.0 Å². The second-order valence-electron chi connectivity index (χ2n) is 4.64. The predicted octanol–water partition coefficient (Wildman–Crippen LogP) is 2.60. The van der Waals surface area contributed by atoms with Crippen LogP contribution in [-0.4, -0.2) is 15.9 Å². The van der Waals surface area contributed by atoms with Crippen LogP contribution in [-0.2, 0) is 0 Å². The quantitative estimate of drug-likeness (QED) is 0.833. The molecule has 0 spiro atoms. The van der Waals surface area contributed by atoms with Gasteiger partial charge in [0.05, 0.1) is 6.04 Å². The Labute approximate surface area is 129 Å². The van der Waals surface area contributed by atoms with E-state index >= 15 is 0 Å². The molecule has 2 rings (SSSR count). The summed E-state index contributed by atoms with van der Waals surface area (Å²) in [4.78, 5) is 16.6. The van der Waals surface area contributed by atoms with Crippen LogP contribution >= 0.6 is 12.2 Å². The van der Waals surface area contributed by atoms with Crippen molar-refractivity contribution in [3.63, 3.8) is 0 Å². The number of hydrogen-bond acceptors (Lipinski definition) is 3. The van der Waals surface area contributed by atoms with Gasteiger partial charge in [-0.2, -0.15) is 0 Å². The highest BCUT2D eigenvalue weighted by atomic mass is 32.1. The van der Waals surface area contributed by atoms with Gasteiger partial charge in [-0.15, -0.1) is 0 Å². The van der Waals surface area contributed by atoms with Crippen LogP contribution in [0.25, 0.3) is 0 Å². The third-order valence-electron chi connectivity index (χ3n) is 3.20. The summed E-state index contributed by atoms with van der Waals surface area (Å²) in [5.74, 6) is -0.208. The fraction of sp³-hybridized carbons (Fsp3) is 0.188. The number of thiocarbonyl (C=S) groups is 1. The van der Waals surface area contributed by atoms with E-state index in [1.807, 2.05) is 37.3 Å². The molecule has 0 radical (unpaired) electrons. The standard InChI is InChI=1S/C16H17N3OS/c1-2-13(11-6-4-3-5-7-11)19-16(20)14-9-8-12(10-18-14)15(17)21/h3-10,13H,2H2,1H3,(H2,17,21)(H,19,20). The molecule has 1 aromatic heterocycles. The minimum absolute atomic E-state index is 0.0317. The van der Waals surface area contributed by atoms with Crippen molar-refractivity contribution in [2.75, 3.05) is 0 Å². The van der Waals surface area contributed by atoms with Crippen molar-refractivity contribution >= 4 is 23.1 Å². The highest BCUT2D eigenvalue weighted by molar-refractivity contribution is 7.80. The third-order valence-corrected chi connectivity index (χ3v) is 3.43. The minimum atomic E-state index is -0.208. The number of nitrogens with two attached hydrogens (primary N) is 1. The van der Waals surface area contributed by atoms with Gasteiger partial charge < -0.3 is 11.1 Å². The van der Waals surface area contributed by atoms with E-state index in [4.69, 9.17) is 18.0 Å². The van der Waals surface area contributed by atoms with Crippen molar-refractivity contribution in [1.82, 2.24) is 10.3 Å². The average molecular weight is 299 g/mol. The second kappa shape index (κ2) is 6.95. The Kier molecular flexibility index (Phi) is 5.00. The molecule has 1 aromatic carbocycles. The predicted molar refractivity (Wildman–Crippen MR) is 87.1 cm³/mol. The van der Waals surface area contributed by atoms with Crippen molar-refractivity contribution in [3.8, 4) is 0 Å². The second-order valence-corrected chi connectivity index (χ2v) is 5.08. The number of amides is 1. The van der Waals surface area contributed by atoms with Crippen LogP contribution in [0.5, 0.6) is 0 Å². The molecule has 5 heteroatoms. The molecule has 0 aliphatic heterocycles. The van der Waals surface area contributed by atoms with Crippen LogP contribution in [0.1, 0.15) is 41.0 Å². The van der Waals surface area contributed by atoms with Gasteiger partial charge in [0, 0.05) is 11.8 Å². The first kappa shape index (κ1) is 15.1. The zero-order chi connectivity index (χ0) is 15.2. The van der Waals surface area contributed by atoms with E-state index in [1.54, 1.807) is 12.1 Å². The Morgan fingerprint density at radius 3 is 2.52 bits per heavy atom. The number of hydrogen-bond donors (Lipinski definition) is 2. The number of rotatable bonds is 5. The monoisotopic (exact) mass is 299 g/mol. The van der Waals surface area contributed by atoms with E-state index in [2.05, 4.69) is 10.3 Å². The van der Waals surface area contributed by atoms with Crippen LogP contribution in [0, 0.1) is 0 Å². The zero-order valence-electron chi connectivity index (χ0n) is 11.7. The first-order chi connectivity index (χ1) is 10.1. The van der Waals surface area contributed by atoms with Gasteiger partial charge in [0.25, 0.3) is 5.91 Å². The van der Waals surface area contributed by atoms with Gasteiger partial charge in [0.15, 0.2) is 0 Å². The van der Waals surface area contributed by atoms with Crippen LogP contribution in [0.2, 0.25) is 0 Å². The normalized spacial score (nSPS) is 11.7. The molecule has 1 amide bonds. The van der Waals surface area contributed by atoms with Gasteiger partial charge in [-0.1, -0.05) is 49.5 Å². The molecular weight excluding hydrogens is 282 g/mol. The average Bonchev–Trinajstić information content (AvgIpc) is 2.53. The summed E-state index contributed by atoms with van der Waals surface area (Å²) in [7, 11) is 0. The Hall–Kier alpha value is -2.27. The molecule has 0 saturated heterocycles. The van der Waals surface area contributed by atoms with E-state index in [0.717, 1.165) is 12.0 Å². The lowest BCUT2D eigenvalue weighted by molar-refractivity contribution is 0.0930. The molecule has 0 aliphatic rings. The van der Waals surface area contributed by atoms with Gasteiger partial charge >= 0.3 is 0 Å². The zero-order valence-corrected chi connectivity index (χ0v) is 12.6. The molecule has 4 nitrogen and oxygen atoms in total. The van der Waals surface area contributed by atoms with Crippen molar-refractivity contribution < 1.29 is 4.79 Å². The number of nitrogens with one attached hydrogen (secondary N) is 1. The van der Waals surface area contributed by atoms with Crippen molar-refractivity contribution in [2.45, 2.75) is 19.4 Å². The maximum Gasteiger partial charge on any atom is 0.270 e. The fourth-order valence-electron chi connectivity index (χ4n) is 2.01. The molecule has 0 saturated carbocycles.